The molecule has 5 nitrogen and oxygen atoms in total. The molecule has 2 heterocycles. The van der Waals surface area contributed by atoms with E-state index >= 15 is 0 Å². The molecule has 0 aliphatic carbocycles. The van der Waals surface area contributed by atoms with Crippen molar-refractivity contribution < 1.29 is 8.42 Å². The average molecular weight is 277 g/mol. The summed E-state index contributed by atoms with van der Waals surface area (Å²) in [6.07, 6.45) is 2.31. The normalized spacial score (nSPS) is 15.2. The summed E-state index contributed by atoms with van der Waals surface area (Å²) in [5, 5.41) is 7.26. The second-order valence-electron chi connectivity index (χ2n) is 4.70. The first-order valence-electron chi connectivity index (χ1n) is 6.18. The van der Waals surface area contributed by atoms with Gasteiger partial charge >= 0.3 is 0 Å². The van der Waals surface area contributed by atoms with Crippen molar-refractivity contribution in [2.75, 3.05) is 6.54 Å². The van der Waals surface area contributed by atoms with E-state index < -0.39 is 10.0 Å². The van der Waals surface area contributed by atoms with Crippen LogP contribution in [-0.4, -0.2) is 24.1 Å². The molecule has 0 atom stereocenters. The first-order valence-corrected chi connectivity index (χ1v) is 7.62. The van der Waals surface area contributed by atoms with E-state index in [-0.39, 0.29) is 4.90 Å². The Kier molecular flexibility index (Phi) is 2.91. The molecule has 19 heavy (non-hydrogen) atoms. The van der Waals surface area contributed by atoms with Crippen molar-refractivity contribution in [1.82, 2.24) is 14.5 Å². The first-order chi connectivity index (χ1) is 9.09. The zero-order valence-corrected chi connectivity index (χ0v) is 11.4. The Morgan fingerprint density at radius 1 is 1.26 bits per heavy atom. The van der Waals surface area contributed by atoms with E-state index in [2.05, 4.69) is 10.4 Å². The molecule has 100 valence electrons. The summed E-state index contributed by atoms with van der Waals surface area (Å²) in [6, 6.07) is 6.84. The van der Waals surface area contributed by atoms with Crippen LogP contribution in [-0.2, 0) is 23.0 Å². The molecule has 1 aromatic heterocycles. The minimum Gasteiger partial charge on any atom is -0.312 e. The van der Waals surface area contributed by atoms with Gasteiger partial charge in [0.15, 0.2) is 0 Å². The molecule has 6 heteroatoms. The SMILES string of the molecule is Cc1ccc(S(=O)(=O)n2ncc3c2CCNC3)cc1. The first kappa shape index (κ1) is 12.4. The molecule has 0 saturated carbocycles. The number of nitrogens with one attached hydrogen (secondary N) is 1. The zero-order valence-electron chi connectivity index (χ0n) is 10.6. The molecule has 0 radical (unpaired) electrons. The highest BCUT2D eigenvalue weighted by Gasteiger charge is 2.24. The largest absolute Gasteiger partial charge is 0.312 e. The van der Waals surface area contributed by atoms with Gasteiger partial charge in [0, 0.05) is 25.1 Å². The Balaban J connectivity index is 2.10. The van der Waals surface area contributed by atoms with E-state index in [0.29, 0.717) is 13.0 Å². The van der Waals surface area contributed by atoms with E-state index in [4.69, 9.17) is 0 Å². The molecule has 0 unspecified atom stereocenters. The number of benzene rings is 1. The third-order valence-corrected chi connectivity index (χ3v) is 4.96. The summed E-state index contributed by atoms with van der Waals surface area (Å²) in [6.45, 7) is 3.39. The molecule has 3 rings (SSSR count). The van der Waals surface area contributed by atoms with Gasteiger partial charge in [0.1, 0.15) is 0 Å². The molecule has 1 N–H and O–H groups in total. The second kappa shape index (κ2) is 4.47. The molecular weight excluding hydrogens is 262 g/mol. The fourth-order valence-corrected chi connectivity index (χ4v) is 3.59. The predicted octanol–water partition coefficient (Wildman–Crippen LogP) is 1.07. The minimum absolute atomic E-state index is 0.280. The van der Waals surface area contributed by atoms with Gasteiger partial charge < -0.3 is 5.32 Å². The van der Waals surface area contributed by atoms with E-state index in [1.165, 1.54) is 4.09 Å². The van der Waals surface area contributed by atoms with Crippen LogP contribution in [0.5, 0.6) is 0 Å². The van der Waals surface area contributed by atoms with Gasteiger partial charge in [-0.2, -0.15) is 17.6 Å². The zero-order chi connectivity index (χ0) is 13.5. The third kappa shape index (κ3) is 2.06. The highest BCUT2D eigenvalue weighted by molar-refractivity contribution is 7.89. The number of aromatic nitrogens is 2. The van der Waals surface area contributed by atoms with Crippen LogP contribution in [0.1, 0.15) is 16.8 Å². The lowest BCUT2D eigenvalue weighted by molar-refractivity contribution is 0.569. The summed E-state index contributed by atoms with van der Waals surface area (Å²) in [5.74, 6) is 0. The van der Waals surface area contributed by atoms with Crippen molar-refractivity contribution in [1.29, 1.82) is 0 Å². The third-order valence-electron chi connectivity index (χ3n) is 3.32. The summed E-state index contributed by atoms with van der Waals surface area (Å²) in [5.41, 5.74) is 2.78. The Hall–Kier alpha value is -1.66. The second-order valence-corrected chi connectivity index (χ2v) is 6.47. The van der Waals surface area contributed by atoms with E-state index in [1.807, 2.05) is 6.92 Å². The molecule has 0 spiro atoms. The van der Waals surface area contributed by atoms with Gasteiger partial charge in [-0.15, -0.1) is 0 Å². The fraction of sp³-hybridized carbons (Fsp3) is 0.308. The van der Waals surface area contributed by atoms with Crippen molar-refractivity contribution in [3.05, 3.63) is 47.3 Å². The summed E-state index contributed by atoms with van der Waals surface area (Å²) in [4.78, 5) is 0.280. The molecule has 1 aliphatic rings. The lowest BCUT2D eigenvalue weighted by Gasteiger charge is -2.15. The van der Waals surface area contributed by atoms with Gasteiger partial charge in [-0.25, -0.2) is 0 Å². The Bertz CT molecular complexity index is 702. The van der Waals surface area contributed by atoms with Gasteiger partial charge in [0.25, 0.3) is 10.0 Å². The Labute approximate surface area is 112 Å². The van der Waals surface area contributed by atoms with Gasteiger partial charge in [-0.3, -0.25) is 0 Å². The van der Waals surface area contributed by atoms with E-state index in [1.54, 1.807) is 30.5 Å². The Morgan fingerprint density at radius 3 is 2.74 bits per heavy atom. The molecular formula is C13H15N3O2S. The molecule has 1 aliphatic heterocycles. The Morgan fingerprint density at radius 2 is 2.00 bits per heavy atom. The summed E-state index contributed by atoms with van der Waals surface area (Å²) < 4.78 is 26.3. The molecule has 0 fully saturated rings. The number of hydrogen-bond donors (Lipinski definition) is 1. The summed E-state index contributed by atoms with van der Waals surface area (Å²) >= 11 is 0. The monoisotopic (exact) mass is 277 g/mol. The lowest BCUT2D eigenvalue weighted by Crippen LogP contribution is -2.27. The van der Waals surface area contributed by atoms with Gasteiger partial charge in [-0.05, 0) is 19.1 Å². The predicted molar refractivity (Wildman–Crippen MR) is 71.4 cm³/mol. The number of rotatable bonds is 2. The number of aryl methyl sites for hydroxylation is 1. The van der Waals surface area contributed by atoms with Crippen molar-refractivity contribution in [2.24, 2.45) is 0 Å². The standard InChI is InChI=1S/C13H15N3O2S/c1-10-2-4-12(5-3-10)19(17,18)16-13-6-7-14-8-11(13)9-15-16/h2-5,9,14H,6-8H2,1H3. The highest BCUT2D eigenvalue weighted by Crippen LogP contribution is 2.20. The van der Waals surface area contributed by atoms with Crippen LogP contribution in [0.2, 0.25) is 0 Å². The van der Waals surface area contributed by atoms with Crippen LogP contribution in [0.15, 0.2) is 35.4 Å². The lowest BCUT2D eigenvalue weighted by atomic mass is 10.1. The topological polar surface area (TPSA) is 64.0 Å². The van der Waals surface area contributed by atoms with E-state index in [0.717, 1.165) is 23.4 Å². The molecule has 1 aromatic carbocycles. The number of nitrogens with zero attached hydrogens (tertiary/aromatic N) is 2. The maximum Gasteiger partial charge on any atom is 0.283 e. The smallest absolute Gasteiger partial charge is 0.283 e. The van der Waals surface area contributed by atoms with Crippen LogP contribution < -0.4 is 5.32 Å². The molecule has 0 saturated heterocycles. The summed E-state index contributed by atoms with van der Waals surface area (Å²) in [7, 11) is -3.58. The fourth-order valence-electron chi connectivity index (χ4n) is 2.24. The minimum atomic E-state index is -3.58. The molecule has 0 amide bonds. The highest BCUT2D eigenvalue weighted by atomic mass is 32.2. The number of fused-ring (bicyclic) bond motifs is 1. The van der Waals surface area contributed by atoms with E-state index in [9.17, 15) is 8.42 Å². The van der Waals surface area contributed by atoms with Crippen molar-refractivity contribution in [3.8, 4) is 0 Å². The van der Waals surface area contributed by atoms with Crippen LogP contribution in [0, 0.1) is 6.92 Å². The quantitative estimate of drug-likeness (QED) is 0.892. The maximum absolute atomic E-state index is 12.6. The van der Waals surface area contributed by atoms with Crippen LogP contribution in [0.25, 0.3) is 0 Å². The molecule has 2 aromatic rings. The van der Waals surface area contributed by atoms with Crippen molar-refractivity contribution in [3.63, 3.8) is 0 Å². The van der Waals surface area contributed by atoms with Crippen LogP contribution in [0.4, 0.5) is 0 Å². The van der Waals surface area contributed by atoms with Gasteiger partial charge in [0.2, 0.25) is 0 Å². The van der Waals surface area contributed by atoms with Gasteiger partial charge in [0.05, 0.1) is 16.8 Å². The average Bonchev–Trinajstić information content (AvgIpc) is 2.83. The maximum atomic E-state index is 12.6. The van der Waals surface area contributed by atoms with Crippen LogP contribution in [0.3, 0.4) is 0 Å². The molecule has 0 bridgehead atoms. The van der Waals surface area contributed by atoms with Crippen molar-refractivity contribution >= 4 is 10.0 Å². The number of hydrogen-bond acceptors (Lipinski definition) is 4. The van der Waals surface area contributed by atoms with Gasteiger partial charge in [-0.1, -0.05) is 17.7 Å². The van der Waals surface area contributed by atoms with Crippen LogP contribution >= 0.6 is 0 Å². The van der Waals surface area contributed by atoms with Crippen molar-refractivity contribution in [2.45, 2.75) is 24.8 Å².